The second kappa shape index (κ2) is 10.5. The molecule has 186 valence electrons. The minimum atomic E-state index is -0.644. The highest BCUT2D eigenvalue weighted by molar-refractivity contribution is 7.12. The van der Waals surface area contributed by atoms with E-state index in [1.165, 1.54) is 35.2 Å². The number of methoxy groups -OCH3 is 1. The van der Waals surface area contributed by atoms with Gasteiger partial charge < -0.3 is 19.1 Å². The van der Waals surface area contributed by atoms with E-state index in [1.54, 1.807) is 17.4 Å². The van der Waals surface area contributed by atoms with E-state index in [-0.39, 0.29) is 38.0 Å². The summed E-state index contributed by atoms with van der Waals surface area (Å²) in [6.07, 6.45) is 0.505. The molecule has 1 aromatic heterocycles. The van der Waals surface area contributed by atoms with Crippen LogP contribution in [0.1, 0.15) is 33.3 Å². The topological polar surface area (TPSA) is 80.7 Å². The Kier molecular flexibility index (Phi) is 6.97. The van der Waals surface area contributed by atoms with Gasteiger partial charge >= 0.3 is 0 Å². The van der Waals surface area contributed by atoms with Gasteiger partial charge in [0, 0.05) is 20.1 Å². The van der Waals surface area contributed by atoms with Gasteiger partial charge in [0.15, 0.2) is 11.5 Å². The maximum atomic E-state index is 14.3. The summed E-state index contributed by atoms with van der Waals surface area (Å²) in [5, 5.41) is 8.03. The predicted octanol–water partition coefficient (Wildman–Crippen LogP) is 4.08. The molecule has 2 aliphatic heterocycles. The van der Waals surface area contributed by atoms with E-state index in [9.17, 15) is 14.0 Å². The number of amides is 2. The molecule has 1 atom stereocenters. The Morgan fingerprint density at radius 3 is 2.78 bits per heavy atom. The molecule has 0 aliphatic carbocycles. The lowest BCUT2D eigenvalue weighted by molar-refractivity contribution is -0.133. The van der Waals surface area contributed by atoms with Gasteiger partial charge in [0.1, 0.15) is 12.4 Å². The molecule has 2 aliphatic rings. The molecule has 2 amide bonds. The van der Waals surface area contributed by atoms with Crippen LogP contribution >= 0.6 is 11.3 Å². The Hall–Kier alpha value is -3.76. The van der Waals surface area contributed by atoms with Gasteiger partial charge in [0.05, 0.1) is 28.8 Å². The summed E-state index contributed by atoms with van der Waals surface area (Å²) < 4.78 is 30.4. The standard InChI is InChI=1S/C26H24FN3O5S/c1-33-11-10-29(26(32)18-5-2-3-6-19(18)27)15-25(31)30-21(14-20(28-30)24-7-4-12-36-24)17-8-9-22-23(13-17)35-16-34-22/h2-9,12-13,21H,10-11,14-16H2,1H3. The third kappa shape index (κ3) is 4.82. The number of hydrogen-bond donors (Lipinski definition) is 0. The van der Waals surface area contributed by atoms with Crippen LogP contribution in [0.3, 0.4) is 0 Å². The second-order valence-electron chi connectivity index (χ2n) is 8.29. The van der Waals surface area contributed by atoms with E-state index in [4.69, 9.17) is 14.2 Å². The maximum absolute atomic E-state index is 14.3. The van der Waals surface area contributed by atoms with Crippen LogP contribution in [0.25, 0.3) is 0 Å². The molecule has 0 N–H and O–H groups in total. The fourth-order valence-electron chi connectivity index (χ4n) is 4.21. The number of ether oxygens (including phenoxy) is 3. The van der Waals surface area contributed by atoms with Crippen molar-refractivity contribution in [3.8, 4) is 11.5 Å². The monoisotopic (exact) mass is 509 g/mol. The molecule has 5 rings (SSSR count). The highest BCUT2D eigenvalue weighted by Crippen LogP contribution is 2.39. The molecular formula is C26H24FN3O5S. The van der Waals surface area contributed by atoms with Crippen LogP contribution in [0.4, 0.5) is 4.39 Å². The van der Waals surface area contributed by atoms with Crippen LogP contribution in [-0.4, -0.2) is 61.0 Å². The van der Waals surface area contributed by atoms with Crippen molar-refractivity contribution >= 4 is 28.9 Å². The Morgan fingerprint density at radius 2 is 2.00 bits per heavy atom. The number of carbonyl (C=O) groups excluding carboxylic acids is 2. The predicted molar refractivity (Wildman–Crippen MR) is 132 cm³/mol. The van der Waals surface area contributed by atoms with E-state index < -0.39 is 17.8 Å². The van der Waals surface area contributed by atoms with Crippen LogP contribution in [-0.2, 0) is 9.53 Å². The highest BCUT2D eigenvalue weighted by atomic mass is 32.1. The third-order valence-corrected chi connectivity index (χ3v) is 6.95. The van der Waals surface area contributed by atoms with Crippen molar-refractivity contribution < 1.29 is 28.2 Å². The van der Waals surface area contributed by atoms with Crippen LogP contribution in [0.15, 0.2) is 65.1 Å². The van der Waals surface area contributed by atoms with Gasteiger partial charge in [-0.05, 0) is 41.3 Å². The van der Waals surface area contributed by atoms with E-state index >= 15 is 0 Å². The van der Waals surface area contributed by atoms with Crippen molar-refractivity contribution in [2.45, 2.75) is 12.5 Å². The SMILES string of the molecule is COCCN(CC(=O)N1N=C(c2cccs2)CC1c1ccc2c(c1)OCO2)C(=O)c1ccccc1F. The number of benzene rings is 2. The Balaban J connectivity index is 1.43. The summed E-state index contributed by atoms with van der Waals surface area (Å²) >= 11 is 1.54. The number of hydrazone groups is 1. The van der Waals surface area contributed by atoms with Crippen LogP contribution in [0.2, 0.25) is 0 Å². The van der Waals surface area contributed by atoms with E-state index in [2.05, 4.69) is 5.10 Å². The molecule has 3 heterocycles. The smallest absolute Gasteiger partial charge is 0.262 e. The van der Waals surface area contributed by atoms with E-state index in [1.807, 2.05) is 35.7 Å². The first-order chi connectivity index (χ1) is 17.5. The molecule has 0 bridgehead atoms. The zero-order valence-electron chi connectivity index (χ0n) is 19.6. The van der Waals surface area contributed by atoms with Gasteiger partial charge in [-0.2, -0.15) is 5.10 Å². The molecule has 3 aromatic rings. The van der Waals surface area contributed by atoms with Crippen molar-refractivity contribution in [3.05, 3.63) is 81.8 Å². The average Bonchev–Trinajstić information content (AvgIpc) is 3.66. The normalized spacial score (nSPS) is 16.2. The zero-order chi connectivity index (χ0) is 25.1. The minimum Gasteiger partial charge on any atom is -0.454 e. The quantitative estimate of drug-likeness (QED) is 0.457. The summed E-state index contributed by atoms with van der Waals surface area (Å²) in [6.45, 7) is 0.191. The first-order valence-corrected chi connectivity index (χ1v) is 12.3. The van der Waals surface area contributed by atoms with Gasteiger partial charge in [0.25, 0.3) is 11.8 Å². The number of fused-ring (bicyclic) bond motifs is 1. The molecule has 36 heavy (non-hydrogen) atoms. The first kappa shape index (κ1) is 24.0. The summed E-state index contributed by atoms with van der Waals surface area (Å²) in [5.74, 6) is -0.351. The lowest BCUT2D eigenvalue weighted by Gasteiger charge is -2.27. The Morgan fingerprint density at radius 1 is 1.17 bits per heavy atom. The second-order valence-corrected chi connectivity index (χ2v) is 9.24. The van der Waals surface area contributed by atoms with Gasteiger partial charge in [-0.25, -0.2) is 9.40 Å². The van der Waals surface area contributed by atoms with Crippen molar-refractivity contribution in [1.29, 1.82) is 0 Å². The molecule has 8 nitrogen and oxygen atoms in total. The fraction of sp³-hybridized carbons (Fsp3) is 0.269. The van der Waals surface area contributed by atoms with Crippen molar-refractivity contribution in [2.75, 3.05) is 33.6 Å². The molecule has 10 heteroatoms. The molecule has 0 spiro atoms. The molecule has 0 fully saturated rings. The van der Waals surface area contributed by atoms with Gasteiger partial charge in [-0.15, -0.1) is 11.3 Å². The van der Waals surface area contributed by atoms with Crippen LogP contribution < -0.4 is 9.47 Å². The Labute approximate surface area is 211 Å². The van der Waals surface area contributed by atoms with Gasteiger partial charge in [-0.1, -0.05) is 24.3 Å². The molecule has 0 saturated heterocycles. The number of nitrogens with zero attached hydrogens (tertiary/aromatic N) is 3. The van der Waals surface area contributed by atoms with Crippen LogP contribution in [0, 0.1) is 5.82 Å². The number of halogens is 1. The Bertz CT molecular complexity index is 1300. The summed E-state index contributed by atoms with van der Waals surface area (Å²) in [6, 6.07) is 14.8. The zero-order valence-corrected chi connectivity index (χ0v) is 20.4. The van der Waals surface area contributed by atoms with Crippen LogP contribution in [0.5, 0.6) is 11.5 Å². The number of carbonyl (C=O) groups is 2. The molecule has 1 unspecified atom stereocenters. The molecule has 0 radical (unpaired) electrons. The third-order valence-electron chi connectivity index (χ3n) is 6.04. The van der Waals surface area contributed by atoms with Crippen molar-refractivity contribution in [1.82, 2.24) is 9.91 Å². The van der Waals surface area contributed by atoms with Crippen molar-refractivity contribution in [3.63, 3.8) is 0 Å². The molecule has 2 aromatic carbocycles. The summed E-state index contributed by atoms with van der Waals surface area (Å²) in [7, 11) is 1.50. The van der Waals surface area contributed by atoms with Crippen molar-refractivity contribution in [2.24, 2.45) is 5.10 Å². The number of thiophene rings is 1. The highest BCUT2D eigenvalue weighted by Gasteiger charge is 2.35. The van der Waals surface area contributed by atoms with Gasteiger partial charge in [-0.3, -0.25) is 9.59 Å². The summed E-state index contributed by atoms with van der Waals surface area (Å²) in [5.41, 5.74) is 1.52. The molecule has 0 saturated carbocycles. The lowest BCUT2D eigenvalue weighted by atomic mass is 10.0. The summed E-state index contributed by atoms with van der Waals surface area (Å²) in [4.78, 5) is 29.0. The van der Waals surface area contributed by atoms with E-state index in [0.717, 1.165) is 16.2 Å². The number of rotatable bonds is 8. The molecular weight excluding hydrogens is 485 g/mol. The lowest BCUT2D eigenvalue weighted by Crippen LogP contribution is -2.43. The average molecular weight is 510 g/mol. The largest absolute Gasteiger partial charge is 0.454 e. The fourth-order valence-corrected chi connectivity index (χ4v) is 4.93. The minimum absolute atomic E-state index is 0.0991. The maximum Gasteiger partial charge on any atom is 0.262 e. The first-order valence-electron chi connectivity index (χ1n) is 11.4. The van der Waals surface area contributed by atoms with E-state index in [0.29, 0.717) is 17.9 Å². The number of hydrogen-bond acceptors (Lipinski definition) is 7. The van der Waals surface area contributed by atoms with Gasteiger partial charge in [0.2, 0.25) is 6.79 Å².